The summed E-state index contributed by atoms with van der Waals surface area (Å²) in [6.07, 6.45) is -4.44. The maximum atomic E-state index is 12.9. The fraction of sp³-hybridized carbons (Fsp3) is 0.381. The van der Waals surface area contributed by atoms with Crippen LogP contribution in [0.1, 0.15) is 37.9 Å². The summed E-state index contributed by atoms with van der Waals surface area (Å²) in [5.74, 6) is -0.448. The van der Waals surface area contributed by atoms with Crippen molar-refractivity contribution in [3.8, 4) is 0 Å². The Bertz CT molecular complexity index is 1010. The molecule has 2 aromatic carbocycles. The van der Waals surface area contributed by atoms with Gasteiger partial charge in [-0.15, -0.1) is 0 Å². The van der Waals surface area contributed by atoms with Gasteiger partial charge >= 0.3 is 6.18 Å². The number of alkyl halides is 3. The molecule has 0 spiro atoms. The summed E-state index contributed by atoms with van der Waals surface area (Å²) in [6, 6.07) is 10.3. The Morgan fingerprint density at radius 1 is 1.06 bits per heavy atom. The Kier molecular flexibility index (Phi) is 8.21. The van der Waals surface area contributed by atoms with Crippen LogP contribution in [0, 0.1) is 0 Å². The summed E-state index contributed by atoms with van der Waals surface area (Å²) in [5.41, 5.74) is -0.0454. The van der Waals surface area contributed by atoms with Gasteiger partial charge < -0.3 is 10.6 Å². The third-order valence-electron chi connectivity index (χ3n) is 4.74. The Morgan fingerprint density at radius 2 is 1.71 bits per heavy atom. The van der Waals surface area contributed by atoms with Gasteiger partial charge in [0.15, 0.2) is 0 Å². The lowest BCUT2D eigenvalue weighted by Gasteiger charge is -2.19. The summed E-state index contributed by atoms with van der Waals surface area (Å²) in [6.45, 7) is 5.62. The van der Waals surface area contributed by atoms with Gasteiger partial charge in [0, 0.05) is 24.8 Å². The molecule has 0 aliphatic heterocycles. The van der Waals surface area contributed by atoms with Gasteiger partial charge in [-0.25, -0.2) is 8.42 Å². The Morgan fingerprint density at radius 3 is 2.32 bits per heavy atom. The molecule has 0 saturated heterocycles. The lowest BCUT2D eigenvalue weighted by atomic mass is 10.0. The highest BCUT2D eigenvalue weighted by atomic mass is 32.2. The second-order valence-corrected chi connectivity index (χ2v) is 8.83. The van der Waals surface area contributed by atoms with Gasteiger partial charge in [-0.2, -0.15) is 17.5 Å². The van der Waals surface area contributed by atoms with Crippen LogP contribution in [0.4, 0.5) is 18.9 Å². The Balaban J connectivity index is 2.02. The zero-order valence-electron chi connectivity index (χ0n) is 17.5. The van der Waals surface area contributed by atoms with E-state index in [1.165, 1.54) is 28.6 Å². The molecule has 1 amide bonds. The summed E-state index contributed by atoms with van der Waals surface area (Å²) in [5, 5.41) is 5.48. The fourth-order valence-electron chi connectivity index (χ4n) is 3.00. The van der Waals surface area contributed by atoms with Crippen LogP contribution in [0.3, 0.4) is 0 Å². The van der Waals surface area contributed by atoms with Crippen LogP contribution in [0.2, 0.25) is 0 Å². The van der Waals surface area contributed by atoms with Crippen LogP contribution in [-0.2, 0) is 21.0 Å². The highest BCUT2D eigenvalue weighted by Gasteiger charge is 2.30. The van der Waals surface area contributed by atoms with Gasteiger partial charge in [-0.05, 0) is 42.8 Å². The molecule has 0 aliphatic rings. The van der Waals surface area contributed by atoms with Crippen LogP contribution in [0.25, 0.3) is 0 Å². The molecule has 0 unspecified atom stereocenters. The minimum atomic E-state index is -4.44. The summed E-state index contributed by atoms with van der Waals surface area (Å²) >= 11 is 0. The number of carbonyl (C=O) groups is 1. The number of rotatable bonds is 9. The molecule has 2 aromatic rings. The maximum absolute atomic E-state index is 12.9. The molecule has 2 rings (SSSR count). The van der Waals surface area contributed by atoms with E-state index in [1.807, 2.05) is 0 Å². The zero-order valence-corrected chi connectivity index (χ0v) is 18.3. The predicted molar refractivity (Wildman–Crippen MR) is 113 cm³/mol. The average Bonchev–Trinajstić information content (AvgIpc) is 2.72. The molecular weight excluding hydrogens is 431 g/mol. The van der Waals surface area contributed by atoms with E-state index in [0.717, 1.165) is 12.1 Å². The topological polar surface area (TPSA) is 78.5 Å². The first-order chi connectivity index (χ1) is 14.5. The van der Waals surface area contributed by atoms with Crippen molar-refractivity contribution in [1.29, 1.82) is 0 Å². The third kappa shape index (κ3) is 6.52. The van der Waals surface area contributed by atoms with Gasteiger partial charge in [0.05, 0.1) is 17.0 Å². The number of hydrogen-bond acceptors (Lipinski definition) is 4. The molecule has 31 heavy (non-hydrogen) atoms. The van der Waals surface area contributed by atoms with Gasteiger partial charge in [-0.1, -0.05) is 32.0 Å². The predicted octanol–water partition coefficient (Wildman–Crippen LogP) is 4.03. The van der Waals surface area contributed by atoms with Crippen molar-refractivity contribution in [1.82, 2.24) is 9.62 Å². The maximum Gasteiger partial charge on any atom is 0.416 e. The van der Waals surface area contributed by atoms with Crippen LogP contribution >= 0.6 is 0 Å². The van der Waals surface area contributed by atoms with E-state index in [9.17, 15) is 26.4 Å². The van der Waals surface area contributed by atoms with E-state index in [0.29, 0.717) is 24.3 Å². The SMILES string of the molecule is CCN(CC)S(=O)(=O)c1cccc(NC(=O)CN[C@@H](C)c2cccc(C(F)(F)F)c2)c1. The number of halogens is 3. The minimum Gasteiger partial charge on any atom is -0.325 e. The molecule has 0 heterocycles. The van der Waals surface area contributed by atoms with Crippen LogP contribution in [0.15, 0.2) is 53.4 Å². The summed E-state index contributed by atoms with van der Waals surface area (Å²) in [4.78, 5) is 12.3. The van der Waals surface area contributed by atoms with Crippen molar-refractivity contribution in [3.05, 3.63) is 59.7 Å². The van der Waals surface area contributed by atoms with E-state index in [4.69, 9.17) is 0 Å². The van der Waals surface area contributed by atoms with E-state index in [1.54, 1.807) is 32.9 Å². The molecule has 0 aromatic heterocycles. The van der Waals surface area contributed by atoms with Crippen LogP contribution in [-0.4, -0.2) is 38.3 Å². The number of anilines is 1. The van der Waals surface area contributed by atoms with Gasteiger partial charge in [0.25, 0.3) is 0 Å². The number of carbonyl (C=O) groups excluding carboxylic acids is 1. The molecule has 0 radical (unpaired) electrons. The smallest absolute Gasteiger partial charge is 0.325 e. The van der Waals surface area contributed by atoms with Gasteiger partial charge in [-0.3, -0.25) is 4.79 Å². The number of sulfonamides is 1. The molecule has 6 nitrogen and oxygen atoms in total. The molecule has 0 bridgehead atoms. The standard InChI is InChI=1S/C21H26F3N3O3S/c1-4-27(5-2)31(29,30)19-11-7-10-18(13-19)26-20(28)14-25-15(3)16-8-6-9-17(12-16)21(22,23)24/h6-13,15,25H,4-5,14H2,1-3H3,(H,26,28)/t15-/m0/s1. The molecule has 0 aliphatic carbocycles. The van der Waals surface area contributed by atoms with Crippen molar-refractivity contribution in [3.63, 3.8) is 0 Å². The second-order valence-electron chi connectivity index (χ2n) is 6.89. The number of nitrogens with one attached hydrogen (secondary N) is 2. The van der Waals surface area contributed by atoms with Crippen LogP contribution in [0.5, 0.6) is 0 Å². The number of amides is 1. The van der Waals surface area contributed by atoms with Crippen molar-refractivity contribution < 1.29 is 26.4 Å². The summed E-state index contributed by atoms with van der Waals surface area (Å²) in [7, 11) is -3.66. The highest BCUT2D eigenvalue weighted by Crippen LogP contribution is 2.30. The van der Waals surface area contributed by atoms with Gasteiger partial charge in [0.1, 0.15) is 0 Å². The molecule has 1 atom stereocenters. The first-order valence-corrected chi connectivity index (χ1v) is 11.2. The molecular formula is C21H26F3N3O3S. The largest absolute Gasteiger partial charge is 0.416 e. The second kappa shape index (κ2) is 10.3. The van der Waals surface area contributed by atoms with Crippen molar-refractivity contribution in [2.24, 2.45) is 0 Å². The monoisotopic (exact) mass is 457 g/mol. The van der Waals surface area contributed by atoms with E-state index in [2.05, 4.69) is 10.6 Å². The third-order valence-corrected chi connectivity index (χ3v) is 6.79. The Labute approximate surface area is 180 Å². The Hall–Kier alpha value is -2.43. The first-order valence-electron chi connectivity index (χ1n) is 9.79. The van der Waals surface area contributed by atoms with E-state index < -0.39 is 33.7 Å². The zero-order chi connectivity index (χ0) is 23.2. The van der Waals surface area contributed by atoms with Gasteiger partial charge in [0.2, 0.25) is 15.9 Å². The molecule has 10 heteroatoms. The normalized spacial score (nSPS) is 13.3. The number of benzene rings is 2. The van der Waals surface area contributed by atoms with E-state index >= 15 is 0 Å². The van der Waals surface area contributed by atoms with Crippen LogP contribution < -0.4 is 10.6 Å². The quantitative estimate of drug-likeness (QED) is 0.596. The lowest BCUT2D eigenvalue weighted by molar-refractivity contribution is -0.137. The first kappa shape index (κ1) is 24.8. The lowest BCUT2D eigenvalue weighted by Crippen LogP contribution is -2.31. The summed E-state index contributed by atoms with van der Waals surface area (Å²) < 4.78 is 65.2. The van der Waals surface area contributed by atoms with Crippen molar-refractivity contribution >= 4 is 21.6 Å². The fourth-order valence-corrected chi connectivity index (χ4v) is 4.50. The molecule has 2 N–H and O–H groups in total. The minimum absolute atomic E-state index is 0.0688. The van der Waals surface area contributed by atoms with E-state index in [-0.39, 0.29) is 11.4 Å². The number of hydrogen-bond donors (Lipinski definition) is 2. The van der Waals surface area contributed by atoms with Crippen molar-refractivity contribution in [2.45, 2.75) is 37.9 Å². The molecule has 0 saturated carbocycles. The highest BCUT2D eigenvalue weighted by molar-refractivity contribution is 7.89. The molecule has 0 fully saturated rings. The van der Waals surface area contributed by atoms with Crippen molar-refractivity contribution in [2.75, 3.05) is 25.0 Å². The average molecular weight is 458 g/mol. The molecule has 170 valence electrons. The number of nitrogens with zero attached hydrogens (tertiary/aromatic N) is 1.